The highest BCUT2D eigenvalue weighted by Crippen LogP contribution is 2.32. The molecular weight excluding hydrogens is 237 g/mol. The van der Waals surface area contributed by atoms with Crippen molar-refractivity contribution in [2.24, 2.45) is 0 Å². The van der Waals surface area contributed by atoms with E-state index in [1.165, 1.54) is 6.20 Å². The second-order valence-electron chi connectivity index (χ2n) is 4.56. The Balaban J connectivity index is 2.48. The molecule has 0 saturated heterocycles. The van der Waals surface area contributed by atoms with E-state index in [0.717, 1.165) is 0 Å². The monoisotopic (exact) mass is 252 g/mol. The summed E-state index contributed by atoms with van der Waals surface area (Å²) in [7, 11) is 0. The van der Waals surface area contributed by atoms with Crippen LogP contribution in [0.2, 0.25) is 0 Å². The Bertz CT molecular complexity index is 339. The van der Waals surface area contributed by atoms with Crippen LogP contribution >= 0.6 is 11.3 Å². The molecule has 0 saturated carbocycles. The minimum absolute atomic E-state index is 0.0163. The van der Waals surface area contributed by atoms with E-state index in [4.69, 9.17) is 0 Å². The van der Waals surface area contributed by atoms with Crippen molar-refractivity contribution in [3.8, 4) is 0 Å². The maximum Gasteiger partial charge on any atom is 0.443 e. The second kappa shape index (κ2) is 4.71. The Morgan fingerprint density at radius 3 is 2.38 bits per heavy atom. The first kappa shape index (κ1) is 13.4. The molecule has 0 unspecified atom stereocenters. The smallest absolute Gasteiger partial charge is 0.312 e. The minimum atomic E-state index is -4.32. The molecule has 0 fully saturated rings. The van der Waals surface area contributed by atoms with Crippen LogP contribution in [0.3, 0.4) is 0 Å². The maximum absolute atomic E-state index is 12.2. The van der Waals surface area contributed by atoms with Gasteiger partial charge in [0.1, 0.15) is 0 Å². The first-order chi connectivity index (χ1) is 7.18. The molecule has 0 aliphatic rings. The molecule has 0 radical (unpaired) electrons. The number of nitrogens with one attached hydrogen (secondary N) is 1. The third kappa shape index (κ3) is 4.49. The highest BCUT2D eigenvalue weighted by Gasteiger charge is 2.34. The Morgan fingerprint density at radius 1 is 1.31 bits per heavy atom. The molecule has 0 aromatic carbocycles. The first-order valence-corrected chi connectivity index (χ1v) is 5.77. The van der Waals surface area contributed by atoms with Gasteiger partial charge in [0.05, 0.1) is 0 Å². The van der Waals surface area contributed by atoms with E-state index in [0.29, 0.717) is 29.2 Å². The van der Waals surface area contributed by atoms with Gasteiger partial charge in [-0.2, -0.15) is 13.2 Å². The van der Waals surface area contributed by atoms with Crippen molar-refractivity contribution < 1.29 is 13.2 Å². The molecule has 0 amide bonds. The summed E-state index contributed by atoms with van der Waals surface area (Å²) < 4.78 is 36.7. The van der Waals surface area contributed by atoms with Crippen molar-refractivity contribution in [2.45, 2.75) is 38.9 Å². The van der Waals surface area contributed by atoms with Crippen molar-refractivity contribution in [1.29, 1.82) is 0 Å². The first-order valence-electron chi connectivity index (χ1n) is 4.95. The fraction of sp³-hybridized carbons (Fsp3) is 0.700. The van der Waals surface area contributed by atoms with Crippen molar-refractivity contribution in [2.75, 3.05) is 6.54 Å². The number of aromatic nitrogens is 1. The largest absolute Gasteiger partial charge is 0.443 e. The number of thiazole rings is 1. The Morgan fingerprint density at radius 2 is 1.94 bits per heavy atom. The maximum atomic E-state index is 12.2. The molecule has 6 heteroatoms. The summed E-state index contributed by atoms with van der Waals surface area (Å²) in [6, 6.07) is 0. The van der Waals surface area contributed by atoms with Gasteiger partial charge in [0.25, 0.3) is 0 Å². The fourth-order valence-electron chi connectivity index (χ4n) is 1.11. The zero-order chi connectivity index (χ0) is 12.4. The molecule has 0 spiro atoms. The number of halogens is 3. The summed E-state index contributed by atoms with van der Waals surface area (Å²) in [5, 5.41) is 2.45. The molecule has 1 aromatic heterocycles. The Kier molecular flexibility index (Phi) is 3.96. The molecule has 0 aliphatic heterocycles. The molecule has 0 aliphatic carbocycles. The minimum Gasteiger partial charge on any atom is -0.312 e. The number of hydrogen-bond acceptors (Lipinski definition) is 3. The topological polar surface area (TPSA) is 24.9 Å². The van der Waals surface area contributed by atoms with Crippen LogP contribution in [0.1, 0.15) is 30.7 Å². The van der Waals surface area contributed by atoms with E-state index in [-0.39, 0.29) is 5.54 Å². The van der Waals surface area contributed by atoms with E-state index in [1.54, 1.807) is 0 Å². The molecule has 2 nitrogen and oxygen atoms in total. The van der Waals surface area contributed by atoms with Crippen molar-refractivity contribution in [1.82, 2.24) is 10.3 Å². The molecule has 1 rings (SSSR count). The summed E-state index contributed by atoms with van der Waals surface area (Å²) in [4.78, 5) is 4.02. The van der Waals surface area contributed by atoms with Crippen LogP contribution in [0.4, 0.5) is 13.2 Å². The lowest BCUT2D eigenvalue weighted by Gasteiger charge is -2.19. The van der Waals surface area contributed by atoms with Gasteiger partial charge < -0.3 is 5.32 Å². The summed E-state index contributed by atoms with van der Waals surface area (Å²) in [5.74, 6) is 0. The third-order valence-electron chi connectivity index (χ3n) is 1.82. The molecule has 1 heterocycles. The lowest BCUT2D eigenvalue weighted by atomic mass is 10.1. The number of rotatable bonds is 3. The van der Waals surface area contributed by atoms with Crippen molar-refractivity contribution in [3.63, 3.8) is 0 Å². The van der Waals surface area contributed by atoms with Gasteiger partial charge in [-0.3, -0.25) is 0 Å². The van der Waals surface area contributed by atoms with Gasteiger partial charge in [-0.1, -0.05) is 0 Å². The SMILES string of the molecule is CC(C)(C)NCCc1cnc(C(F)(F)F)s1. The lowest BCUT2D eigenvalue weighted by Crippen LogP contribution is -2.36. The number of hydrogen-bond donors (Lipinski definition) is 1. The van der Waals surface area contributed by atoms with Crippen LogP contribution in [-0.2, 0) is 12.6 Å². The average Bonchev–Trinajstić information content (AvgIpc) is 2.49. The van der Waals surface area contributed by atoms with Crippen LogP contribution in [-0.4, -0.2) is 17.1 Å². The predicted octanol–water partition coefficient (Wildman–Crippen LogP) is 3.09. The molecular formula is C10H15F3N2S. The highest BCUT2D eigenvalue weighted by molar-refractivity contribution is 7.11. The molecule has 16 heavy (non-hydrogen) atoms. The van der Waals surface area contributed by atoms with Gasteiger partial charge in [0, 0.05) is 23.2 Å². The van der Waals surface area contributed by atoms with Crippen molar-refractivity contribution >= 4 is 11.3 Å². The van der Waals surface area contributed by atoms with Crippen LogP contribution < -0.4 is 5.32 Å². The Labute approximate surface area is 96.9 Å². The molecule has 0 atom stereocenters. The van der Waals surface area contributed by atoms with E-state index in [9.17, 15) is 13.2 Å². The quantitative estimate of drug-likeness (QED) is 0.894. The average molecular weight is 252 g/mol. The standard InChI is InChI=1S/C10H15F3N2S/c1-9(2,3)15-5-4-7-6-14-8(16-7)10(11,12)13/h6,15H,4-5H2,1-3H3. The van der Waals surface area contributed by atoms with E-state index in [1.807, 2.05) is 20.8 Å². The highest BCUT2D eigenvalue weighted by atomic mass is 32.1. The van der Waals surface area contributed by atoms with Crippen LogP contribution in [0.25, 0.3) is 0 Å². The Hall–Kier alpha value is -0.620. The fourth-order valence-corrected chi connectivity index (χ4v) is 1.89. The van der Waals surface area contributed by atoms with E-state index < -0.39 is 11.2 Å². The summed E-state index contributed by atoms with van der Waals surface area (Å²) in [5.41, 5.74) is -0.0163. The normalized spacial score (nSPS) is 13.1. The van der Waals surface area contributed by atoms with Gasteiger partial charge in [-0.05, 0) is 27.2 Å². The summed E-state index contributed by atoms with van der Waals surface area (Å²) in [6.07, 6.45) is -2.44. The molecule has 92 valence electrons. The van der Waals surface area contributed by atoms with Gasteiger partial charge in [0.15, 0.2) is 5.01 Å². The zero-order valence-corrected chi connectivity index (χ0v) is 10.3. The molecule has 1 aromatic rings. The van der Waals surface area contributed by atoms with Gasteiger partial charge in [-0.15, -0.1) is 11.3 Å². The predicted molar refractivity (Wildman–Crippen MR) is 58.6 cm³/mol. The summed E-state index contributed by atoms with van der Waals surface area (Å²) >= 11 is 0.714. The van der Waals surface area contributed by atoms with Gasteiger partial charge >= 0.3 is 6.18 Å². The second-order valence-corrected chi connectivity index (χ2v) is 5.67. The van der Waals surface area contributed by atoms with E-state index >= 15 is 0 Å². The zero-order valence-electron chi connectivity index (χ0n) is 9.48. The lowest BCUT2D eigenvalue weighted by molar-refractivity contribution is -0.137. The van der Waals surface area contributed by atoms with Crippen molar-refractivity contribution in [3.05, 3.63) is 16.1 Å². The molecule has 0 bridgehead atoms. The summed E-state index contributed by atoms with van der Waals surface area (Å²) in [6.45, 7) is 6.70. The number of nitrogens with zero attached hydrogens (tertiary/aromatic N) is 1. The molecule has 1 N–H and O–H groups in total. The van der Waals surface area contributed by atoms with E-state index in [2.05, 4.69) is 10.3 Å². The van der Waals surface area contributed by atoms with Crippen LogP contribution in [0.15, 0.2) is 6.20 Å². The van der Waals surface area contributed by atoms with Gasteiger partial charge in [-0.25, -0.2) is 4.98 Å². The van der Waals surface area contributed by atoms with Gasteiger partial charge in [0.2, 0.25) is 0 Å². The number of alkyl halides is 3. The van der Waals surface area contributed by atoms with Crippen LogP contribution in [0.5, 0.6) is 0 Å². The van der Waals surface area contributed by atoms with Crippen LogP contribution in [0, 0.1) is 0 Å². The third-order valence-corrected chi connectivity index (χ3v) is 2.92.